The number of aromatic amines is 1. The van der Waals surface area contributed by atoms with Crippen LogP contribution in [0.4, 0.5) is 5.69 Å². The molecule has 9 heteroatoms. The Balaban J connectivity index is 2.06. The van der Waals surface area contributed by atoms with Crippen LogP contribution < -0.4 is 5.32 Å². The highest BCUT2D eigenvalue weighted by Gasteiger charge is 2.22. The molecule has 1 amide bonds. The van der Waals surface area contributed by atoms with Crippen molar-refractivity contribution in [1.82, 2.24) is 25.3 Å². The van der Waals surface area contributed by atoms with Crippen LogP contribution in [-0.4, -0.2) is 30.8 Å². The summed E-state index contributed by atoms with van der Waals surface area (Å²) in [6.07, 6.45) is 2.60. The Bertz CT molecular complexity index is 587. The van der Waals surface area contributed by atoms with Crippen molar-refractivity contribution >= 4 is 11.6 Å². The van der Waals surface area contributed by atoms with E-state index in [0.29, 0.717) is 0 Å². The summed E-state index contributed by atoms with van der Waals surface area (Å²) >= 11 is 0. The van der Waals surface area contributed by atoms with Crippen LogP contribution in [0.2, 0.25) is 0 Å². The highest BCUT2D eigenvalue weighted by Crippen LogP contribution is 2.14. The first-order chi connectivity index (χ1) is 8.59. The van der Waals surface area contributed by atoms with Crippen molar-refractivity contribution in [1.29, 1.82) is 0 Å². The van der Waals surface area contributed by atoms with E-state index in [1.54, 1.807) is 24.0 Å². The number of nitro groups is 1. The lowest BCUT2D eigenvalue weighted by atomic mass is 10.3. The minimum atomic E-state index is -0.664. The predicted octanol–water partition coefficient (Wildman–Crippen LogP) is -0.0186. The van der Waals surface area contributed by atoms with Gasteiger partial charge in [0.05, 0.1) is 17.2 Å². The van der Waals surface area contributed by atoms with Gasteiger partial charge in [-0.15, -0.1) is 0 Å². The van der Waals surface area contributed by atoms with Crippen LogP contribution in [0, 0.1) is 10.1 Å². The van der Waals surface area contributed by atoms with E-state index in [9.17, 15) is 14.9 Å². The molecule has 0 radical (unpaired) electrons. The third-order valence-corrected chi connectivity index (χ3v) is 2.40. The van der Waals surface area contributed by atoms with Crippen LogP contribution in [0.15, 0.2) is 18.5 Å². The maximum Gasteiger partial charge on any atom is 0.319 e. The van der Waals surface area contributed by atoms with Gasteiger partial charge in [0.1, 0.15) is 6.20 Å². The first-order valence-corrected chi connectivity index (χ1v) is 5.02. The summed E-state index contributed by atoms with van der Waals surface area (Å²) in [7, 11) is 1.74. The van der Waals surface area contributed by atoms with Crippen molar-refractivity contribution in [3.05, 3.63) is 40.0 Å². The van der Waals surface area contributed by atoms with Crippen molar-refractivity contribution in [3.8, 4) is 0 Å². The lowest BCUT2D eigenvalue weighted by Crippen LogP contribution is -2.25. The smallest absolute Gasteiger partial charge is 0.319 e. The number of carbonyl (C=O) groups excluding carboxylic acids is 1. The fourth-order valence-electron chi connectivity index (χ4n) is 1.42. The molecule has 0 saturated heterocycles. The molecule has 0 aliphatic rings. The largest absolute Gasteiger partial charge is 0.345 e. The maximum absolute atomic E-state index is 11.7. The molecule has 0 bridgehead atoms. The summed E-state index contributed by atoms with van der Waals surface area (Å²) in [5.41, 5.74) is 0.269. The lowest BCUT2D eigenvalue weighted by molar-refractivity contribution is -0.385. The van der Waals surface area contributed by atoms with Gasteiger partial charge in [-0.2, -0.15) is 10.2 Å². The molecule has 9 nitrogen and oxygen atoms in total. The van der Waals surface area contributed by atoms with Gasteiger partial charge in [-0.05, 0) is 6.07 Å². The zero-order chi connectivity index (χ0) is 13.1. The van der Waals surface area contributed by atoms with E-state index >= 15 is 0 Å². The molecule has 2 rings (SSSR count). The van der Waals surface area contributed by atoms with Gasteiger partial charge in [0.2, 0.25) is 5.69 Å². The van der Waals surface area contributed by atoms with Crippen molar-refractivity contribution in [2.24, 2.45) is 7.05 Å². The molecule has 2 heterocycles. The zero-order valence-electron chi connectivity index (χ0n) is 9.45. The SMILES string of the molecule is Cn1nccc1CNC(=O)c1[nH]ncc1[N+](=O)[O-]. The second-order valence-electron chi connectivity index (χ2n) is 3.52. The molecule has 2 N–H and O–H groups in total. The molecule has 0 unspecified atom stereocenters. The van der Waals surface area contributed by atoms with Gasteiger partial charge in [0.25, 0.3) is 5.91 Å². The number of aryl methyl sites for hydroxylation is 1. The predicted molar refractivity (Wildman–Crippen MR) is 59.6 cm³/mol. The fourth-order valence-corrected chi connectivity index (χ4v) is 1.42. The normalized spacial score (nSPS) is 10.3. The third-order valence-electron chi connectivity index (χ3n) is 2.40. The van der Waals surface area contributed by atoms with Crippen molar-refractivity contribution < 1.29 is 9.72 Å². The Labute approximate surface area is 101 Å². The van der Waals surface area contributed by atoms with Gasteiger partial charge < -0.3 is 5.32 Å². The molecular weight excluding hydrogens is 240 g/mol. The number of hydrogen-bond donors (Lipinski definition) is 2. The second-order valence-corrected chi connectivity index (χ2v) is 3.52. The summed E-state index contributed by atoms with van der Waals surface area (Å²) < 4.78 is 1.60. The molecule has 0 spiro atoms. The van der Waals surface area contributed by atoms with E-state index < -0.39 is 10.8 Å². The molecule has 0 aliphatic heterocycles. The number of rotatable bonds is 4. The highest BCUT2D eigenvalue weighted by molar-refractivity contribution is 5.95. The Morgan fingerprint density at radius 1 is 1.67 bits per heavy atom. The number of carbonyl (C=O) groups is 1. The molecule has 2 aromatic heterocycles. The average molecular weight is 250 g/mol. The molecule has 0 atom stereocenters. The van der Waals surface area contributed by atoms with Gasteiger partial charge in [-0.3, -0.25) is 24.7 Å². The number of hydrogen-bond acceptors (Lipinski definition) is 5. The molecule has 2 aromatic rings. The fraction of sp³-hybridized carbons (Fsp3) is 0.222. The van der Waals surface area contributed by atoms with Crippen LogP contribution in [0.3, 0.4) is 0 Å². The van der Waals surface area contributed by atoms with Crippen LogP contribution in [0.25, 0.3) is 0 Å². The first-order valence-electron chi connectivity index (χ1n) is 5.02. The molecule has 0 fully saturated rings. The van der Waals surface area contributed by atoms with E-state index in [-0.39, 0.29) is 17.9 Å². The van der Waals surface area contributed by atoms with Crippen LogP contribution >= 0.6 is 0 Å². The number of nitrogens with zero attached hydrogens (tertiary/aromatic N) is 4. The minimum absolute atomic E-state index is 0.165. The van der Waals surface area contributed by atoms with E-state index in [1.165, 1.54) is 0 Å². The topological polar surface area (TPSA) is 119 Å². The van der Waals surface area contributed by atoms with E-state index in [1.807, 2.05) is 0 Å². The summed E-state index contributed by atoms with van der Waals surface area (Å²) in [5.74, 6) is -0.583. The molecule has 0 aliphatic carbocycles. The van der Waals surface area contributed by atoms with Crippen molar-refractivity contribution in [2.75, 3.05) is 0 Å². The Hall–Kier alpha value is -2.71. The first kappa shape index (κ1) is 11.8. The van der Waals surface area contributed by atoms with Crippen LogP contribution in [0.1, 0.15) is 16.2 Å². The summed E-state index contributed by atoms with van der Waals surface area (Å²) in [6, 6.07) is 1.74. The standard InChI is InChI=1S/C9H10N6O3/c1-14-6(2-3-12-14)4-10-9(16)8-7(15(17)18)5-11-13-8/h2-3,5H,4H2,1H3,(H,10,16)(H,11,13). The lowest BCUT2D eigenvalue weighted by Gasteiger charge is -2.03. The number of amides is 1. The van der Waals surface area contributed by atoms with E-state index in [4.69, 9.17) is 0 Å². The molecule has 0 saturated carbocycles. The molecule has 18 heavy (non-hydrogen) atoms. The van der Waals surface area contributed by atoms with Gasteiger partial charge >= 0.3 is 5.69 Å². The number of H-pyrrole nitrogens is 1. The summed E-state index contributed by atoms with van der Waals surface area (Å²) in [5, 5.41) is 22.9. The quantitative estimate of drug-likeness (QED) is 0.583. The summed E-state index contributed by atoms with van der Waals surface area (Å²) in [6.45, 7) is 0.228. The molecule has 94 valence electrons. The zero-order valence-corrected chi connectivity index (χ0v) is 9.45. The number of nitrogens with one attached hydrogen (secondary N) is 2. The molecule has 0 aromatic carbocycles. The van der Waals surface area contributed by atoms with Gasteiger partial charge in [-0.25, -0.2) is 0 Å². The second kappa shape index (κ2) is 4.65. The Morgan fingerprint density at radius 2 is 2.44 bits per heavy atom. The van der Waals surface area contributed by atoms with Crippen LogP contribution in [-0.2, 0) is 13.6 Å². The summed E-state index contributed by atoms with van der Waals surface area (Å²) in [4.78, 5) is 21.7. The van der Waals surface area contributed by atoms with Crippen LogP contribution in [0.5, 0.6) is 0 Å². The van der Waals surface area contributed by atoms with Gasteiger partial charge in [-0.1, -0.05) is 0 Å². The van der Waals surface area contributed by atoms with Gasteiger partial charge in [0, 0.05) is 13.2 Å². The minimum Gasteiger partial charge on any atom is -0.345 e. The Morgan fingerprint density at radius 3 is 3.06 bits per heavy atom. The van der Waals surface area contributed by atoms with E-state index in [0.717, 1.165) is 11.9 Å². The van der Waals surface area contributed by atoms with Gasteiger partial charge in [0.15, 0.2) is 0 Å². The average Bonchev–Trinajstić information content (AvgIpc) is 2.94. The number of aromatic nitrogens is 4. The maximum atomic E-state index is 11.7. The highest BCUT2D eigenvalue weighted by atomic mass is 16.6. The third kappa shape index (κ3) is 2.19. The Kier molecular flexibility index (Phi) is 3.04. The van der Waals surface area contributed by atoms with E-state index in [2.05, 4.69) is 20.6 Å². The monoisotopic (exact) mass is 250 g/mol. The van der Waals surface area contributed by atoms with Crippen molar-refractivity contribution in [3.63, 3.8) is 0 Å². The molecular formula is C9H10N6O3. The van der Waals surface area contributed by atoms with Crippen molar-refractivity contribution in [2.45, 2.75) is 6.54 Å².